The quantitative estimate of drug-likeness (QED) is 0.736. The number of H-pyrrole nitrogens is 1. The summed E-state index contributed by atoms with van der Waals surface area (Å²) in [5.74, 6) is 0.388. The van der Waals surface area contributed by atoms with Crippen LogP contribution >= 0.6 is 15.9 Å². The molecule has 0 spiro atoms. The van der Waals surface area contributed by atoms with Gasteiger partial charge in [0, 0.05) is 4.47 Å². The van der Waals surface area contributed by atoms with Gasteiger partial charge in [0.2, 0.25) is 0 Å². The van der Waals surface area contributed by atoms with Gasteiger partial charge < -0.3 is 11.5 Å². The zero-order valence-corrected chi connectivity index (χ0v) is 10.6. The molecule has 2 aromatic rings. The van der Waals surface area contributed by atoms with Crippen LogP contribution in [0.1, 0.15) is 5.56 Å². The number of nitriles is 1. The second-order valence-electron chi connectivity index (χ2n) is 3.34. The lowest BCUT2D eigenvalue weighted by Gasteiger charge is -1.97. The summed E-state index contributed by atoms with van der Waals surface area (Å²) < 4.78 is 0.792. The van der Waals surface area contributed by atoms with E-state index in [1.165, 1.54) is 0 Å². The molecule has 8 heteroatoms. The van der Waals surface area contributed by atoms with Gasteiger partial charge in [-0.1, -0.05) is 15.9 Å². The summed E-state index contributed by atoms with van der Waals surface area (Å²) >= 11 is 3.27. The van der Waals surface area contributed by atoms with E-state index in [1.54, 1.807) is 18.2 Å². The first-order valence-corrected chi connectivity index (χ1v) is 5.62. The van der Waals surface area contributed by atoms with Crippen molar-refractivity contribution in [3.8, 4) is 6.07 Å². The molecule has 0 amide bonds. The van der Waals surface area contributed by atoms with Crippen molar-refractivity contribution in [3.05, 3.63) is 28.2 Å². The van der Waals surface area contributed by atoms with E-state index in [1.807, 2.05) is 6.07 Å². The Morgan fingerprint density at radius 2 is 2.11 bits per heavy atom. The van der Waals surface area contributed by atoms with Crippen molar-refractivity contribution in [1.82, 2.24) is 10.2 Å². The molecule has 1 heterocycles. The van der Waals surface area contributed by atoms with Gasteiger partial charge >= 0.3 is 0 Å². The zero-order chi connectivity index (χ0) is 13.1. The molecule has 5 N–H and O–H groups in total. The molecule has 0 aliphatic heterocycles. The lowest BCUT2D eigenvalue weighted by atomic mass is 10.2. The lowest BCUT2D eigenvalue weighted by molar-refractivity contribution is 1.11. The summed E-state index contributed by atoms with van der Waals surface area (Å²) in [4.78, 5) is 0. The van der Waals surface area contributed by atoms with Gasteiger partial charge in [-0.3, -0.25) is 5.10 Å². The highest BCUT2D eigenvalue weighted by Crippen LogP contribution is 2.30. The predicted molar refractivity (Wildman–Crippen MR) is 70.4 cm³/mol. The number of aromatic nitrogens is 2. The Kier molecular flexibility index (Phi) is 3.25. The van der Waals surface area contributed by atoms with E-state index < -0.39 is 0 Å². The lowest BCUT2D eigenvalue weighted by Crippen LogP contribution is -1.84. The van der Waals surface area contributed by atoms with Crippen molar-refractivity contribution in [2.24, 2.45) is 10.2 Å². The van der Waals surface area contributed by atoms with E-state index in [0.29, 0.717) is 11.3 Å². The summed E-state index contributed by atoms with van der Waals surface area (Å²) in [6.07, 6.45) is 0. The van der Waals surface area contributed by atoms with E-state index in [0.717, 1.165) is 4.47 Å². The fourth-order valence-electron chi connectivity index (χ4n) is 1.26. The third-order valence-electron chi connectivity index (χ3n) is 2.13. The van der Waals surface area contributed by atoms with Crippen LogP contribution in [0, 0.1) is 11.3 Å². The minimum Gasteiger partial charge on any atom is -0.382 e. The molecule has 0 atom stereocenters. The molecule has 0 aliphatic rings. The van der Waals surface area contributed by atoms with Gasteiger partial charge in [0.05, 0.1) is 5.56 Å². The molecule has 18 heavy (non-hydrogen) atoms. The molecule has 0 radical (unpaired) electrons. The SMILES string of the molecule is N#Cc1cc(Br)ccc1N=Nc1c(N)n[nH]c1N. The van der Waals surface area contributed by atoms with Crippen LogP contribution in [0.5, 0.6) is 0 Å². The van der Waals surface area contributed by atoms with Crippen molar-refractivity contribution in [1.29, 1.82) is 5.26 Å². The van der Waals surface area contributed by atoms with Crippen molar-refractivity contribution in [2.75, 3.05) is 11.5 Å². The number of halogens is 1. The summed E-state index contributed by atoms with van der Waals surface area (Å²) in [5.41, 5.74) is 12.2. The number of nitrogens with one attached hydrogen (secondary N) is 1. The van der Waals surface area contributed by atoms with Crippen LogP contribution in [0.2, 0.25) is 0 Å². The average molecular weight is 306 g/mol. The minimum atomic E-state index is 0.159. The number of anilines is 2. The first-order chi connectivity index (χ1) is 8.61. The molecule has 0 unspecified atom stereocenters. The number of hydrogen-bond acceptors (Lipinski definition) is 6. The van der Waals surface area contributed by atoms with Gasteiger partial charge in [-0.25, -0.2) is 0 Å². The number of azo groups is 1. The average Bonchev–Trinajstić information content (AvgIpc) is 2.68. The highest BCUT2D eigenvalue weighted by Gasteiger charge is 2.07. The van der Waals surface area contributed by atoms with Gasteiger partial charge in [0.15, 0.2) is 11.5 Å². The first-order valence-electron chi connectivity index (χ1n) is 4.82. The number of aromatic amines is 1. The summed E-state index contributed by atoms with van der Waals surface area (Å²) in [5, 5.41) is 23.0. The van der Waals surface area contributed by atoms with Crippen molar-refractivity contribution in [2.45, 2.75) is 0 Å². The minimum absolute atomic E-state index is 0.159. The molecule has 0 saturated carbocycles. The van der Waals surface area contributed by atoms with E-state index in [-0.39, 0.29) is 17.3 Å². The Hall–Kier alpha value is -2.40. The van der Waals surface area contributed by atoms with Crippen molar-refractivity contribution in [3.63, 3.8) is 0 Å². The normalized spacial score (nSPS) is 10.7. The molecule has 1 aromatic heterocycles. The highest BCUT2D eigenvalue weighted by molar-refractivity contribution is 9.10. The molecule has 2 rings (SSSR count). The van der Waals surface area contributed by atoms with E-state index in [9.17, 15) is 0 Å². The standard InChI is InChI=1S/C10H8BrN7/c11-6-1-2-7(5(3-6)4-12)15-16-8-9(13)17-18-10(8)14/h1-3H,(H5,13,14,17,18). The summed E-state index contributed by atoms with van der Waals surface area (Å²) in [6, 6.07) is 7.10. The van der Waals surface area contributed by atoms with Crippen LogP contribution in [0.3, 0.4) is 0 Å². The molecule has 0 fully saturated rings. The van der Waals surface area contributed by atoms with E-state index in [4.69, 9.17) is 16.7 Å². The largest absolute Gasteiger partial charge is 0.382 e. The Morgan fingerprint density at radius 3 is 2.72 bits per heavy atom. The van der Waals surface area contributed by atoms with E-state index >= 15 is 0 Å². The maximum atomic E-state index is 8.97. The first kappa shape index (κ1) is 12.1. The molecule has 90 valence electrons. The predicted octanol–water partition coefficient (Wildman–Crippen LogP) is 2.62. The molecular weight excluding hydrogens is 298 g/mol. The fraction of sp³-hybridized carbons (Fsp3) is 0. The Bertz CT molecular complexity index is 633. The second kappa shape index (κ2) is 4.85. The third-order valence-corrected chi connectivity index (χ3v) is 2.62. The monoisotopic (exact) mass is 305 g/mol. The molecule has 1 aromatic carbocycles. The molecule has 0 aliphatic carbocycles. The van der Waals surface area contributed by atoms with Crippen molar-refractivity contribution < 1.29 is 0 Å². The smallest absolute Gasteiger partial charge is 0.175 e. The van der Waals surface area contributed by atoms with Crippen LogP contribution < -0.4 is 11.5 Å². The molecule has 7 nitrogen and oxygen atoms in total. The second-order valence-corrected chi connectivity index (χ2v) is 4.26. The van der Waals surface area contributed by atoms with Gasteiger partial charge in [0.25, 0.3) is 0 Å². The van der Waals surface area contributed by atoms with Gasteiger partial charge in [-0.05, 0) is 18.2 Å². The summed E-state index contributed by atoms with van der Waals surface area (Å²) in [7, 11) is 0. The van der Waals surface area contributed by atoms with Crippen LogP contribution in [-0.2, 0) is 0 Å². The number of rotatable bonds is 2. The molecule has 0 saturated heterocycles. The van der Waals surface area contributed by atoms with Crippen LogP contribution in [0.15, 0.2) is 32.9 Å². The van der Waals surface area contributed by atoms with E-state index in [2.05, 4.69) is 36.4 Å². The van der Waals surface area contributed by atoms with Gasteiger partial charge in [0.1, 0.15) is 17.6 Å². The Morgan fingerprint density at radius 1 is 1.33 bits per heavy atom. The maximum absolute atomic E-state index is 8.97. The number of hydrogen-bond donors (Lipinski definition) is 3. The zero-order valence-electron chi connectivity index (χ0n) is 9.05. The topological polar surface area (TPSA) is 129 Å². The number of nitrogens with two attached hydrogens (primary N) is 2. The highest BCUT2D eigenvalue weighted by atomic mass is 79.9. The van der Waals surface area contributed by atoms with Crippen LogP contribution in [-0.4, -0.2) is 10.2 Å². The van der Waals surface area contributed by atoms with Crippen LogP contribution in [0.25, 0.3) is 0 Å². The number of benzene rings is 1. The van der Waals surface area contributed by atoms with Crippen LogP contribution in [0.4, 0.5) is 23.0 Å². The number of nitrogen functional groups attached to an aromatic ring is 2. The Balaban J connectivity index is 2.38. The maximum Gasteiger partial charge on any atom is 0.175 e. The fourth-order valence-corrected chi connectivity index (χ4v) is 1.62. The Labute approximate surface area is 111 Å². The number of nitrogens with zero attached hydrogens (tertiary/aromatic N) is 4. The van der Waals surface area contributed by atoms with Gasteiger partial charge in [-0.15, -0.1) is 10.2 Å². The molecular formula is C10H8BrN7. The summed E-state index contributed by atoms with van der Waals surface area (Å²) in [6.45, 7) is 0. The molecule has 0 bridgehead atoms. The van der Waals surface area contributed by atoms with Crippen molar-refractivity contribution >= 4 is 38.9 Å². The van der Waals surface area contributed by atoms with Gasteiger partial charge in [-0.2, -0.15) is 10.4 Å². The third kappa shape index (κ3) is 2.31.